The number of carbonyl (C=O) groups excluding carboxylic acids is 2. The Balaban J connectivity index is 1.41. The molecule has 170 valence electrons. The van der Waals surface area contributed by atoms with E-state index in [1.807, 2.05) is 59.5 Å². The first-order valence-corrected chi connectivity index (χ1v) is 11.3. The third-order valence-electron chi connectivity index (χ3n) is 6.19. The predicted octanol–water partition coefficient (Wildman–Crippen LogP) is 4.19. The van der Waals surface area contributed by atoms with Gasteiger partial charge in [0.05, 0.1) is 12.8 Å². The van der Waals surface area contributed by atoms with Crippen LogP contribution in [0.2, 0.25) is 0 Å². The summed E-state index contributed by atoms with van der Waals surface area (Å²) in [6.07, 6.45) is 3.17. The van der Waals surface area contributed by atoms with Crippen LogP contribution in [0, 0.1) is 0 Å². The van der Waals surface area contributed by atoms with Crippen molar-refractivity contribution in [2.45, 2.75) is 31.6 Å². The lowest BCUT2D eigenvalue weighted by Gasteiger charge is -2.32. The molecule has 0 aliphatic carbocycles. The van der Waals surface area contributed by atoms with Crippen LogP contribution in [-0.4, -0.2) is 41.9 Å². The summed E-state index contributed by atoms with van der Waals surface area (Å²) in [5, 5.41) is 0. The number of pyridine rings is 1. The molecule has 2 N–H and O–H groups in total. The molecular formula is C27H29N3O3. The number of nitrogens with zero attached hydrogens (tertiary/aromatic N) is 2. The summed E-state index contributed by atoms with van der Waals surface area (Å²) >= 11 is 0. The van der Waals surface area contributed by atoms with Gasteiger partial charge in [-0.3, -0.25) is 14.6 Å². The van der Waals surface area contributed by atoms with Gasteiger partial charge in [-0.15, -0.1) is 0 Å². The van der Waals surface area contributed by atoms with Gasteiger partial charge in [-0.25, -0.2) is 0 Å². The molecule has 1 saturated heterocycles. The fraction of sp³-hybridized carbons (Fsp3) is 0.296. The normalized spacial score (nSPS) is 15.8. The van der Waals surface area contributed by atoms with Crippen molar-refractivity contribution >= 4 is 11.8 Å². The lowest BCUT2D eigenvalue weighted by atomic mass is 9.93. The van der Waals surface area contributed by atoms with Crippen LogP contribution in [0.1, 0.15) is 46.8 Å². The van der Waals surface area contributed by atoms with Crippen molar-refractivity contribution in [3.05, 3.63) is 83.6 Å². The van der Waals surface area contributed by atoms with Crippen LogP contribution < -0.4 is 10.5 Å². The molecule has 1 unspecified atom stereocenters. The maximum absolute atomic E-state index is 12.9. The summed E-state index contributed by atoms with van der Waals surface area (Å²) in [6, 6.07) is 21.0. The summed E-state index contributed by atoms with van der Waals surface area (Å²) in [5.74, 6) is 0.743. The summed E-state index contributed by atoms with van der Waals surface area (Å²) in [6.45, 7) is 1.47. The van der Waals surface area contributed by atoms with E-state index in [9.17, 15) is 9.59 Å². The van der Waals surface area contributed by atoms with Gasteiger partial charge in [0.25, 0.3) is 0 Å². The monoisotopic (exact) mass is 443 g/mol. The van der Waals surface area contributed by atoms with E-state index in [1.165, 1.54) is 0 Å². The highest BCUT2D eigenvalue weighted by atomic mass is 16.5. The fourth-order valence-corrected chi connectivity index (χ4v) is 4.32. The third-order valence-corrected chi connectivity index (χ3v) is 6.19. The first kappa shape index (κ1) is 22.5. The van der Waals surface area contributed by atoms with Crippen molar-refractivity contribution in [1.29, 1.82) is 0 Å². The molecular weight excluding hydrogens is 414 g/mol. The Labute approximate surface area is 194 Å². The molecule has 2 heterocycles. The Morgan fingerprint density at radius 3 is 2.64 bits per heavy atom. The highest BCUT2D eigenvalue weighted by Crippen LogP contribution is 2.28. The number of nitrogens with two attached hydrogens (primary N) is 1. The van der Waals surface area contributed by atoms with Gasteiger partial charge in [-0.05, 0) is 61.2 Å². The molecule has 0 spiro atoms. The number of hydrogen-bond donors (Lipinski definition) is 1. The van der Waals surface area contributed by atoms with Crippen molar-refractivity contribution in [2.24, 2.45) is 5.73 Å². The second kappa shape index (κ2) is 10.3. The summed E-state index contributed by atoms with van der Waals surface area (Å²) in [4.78, 5) is 31.3. The minimum atomic E-state index is -0.455. The predicted molar refractivity (Wildman–Crippen MR) is 128 cm³/mol. The van der Waals surface area contributed by atoms with Gasteiger partial charge in [-0.2, -0.15) is 0 Å². The van der Waals surface area contributed by atoms with Gasteiger partial charge in [0.15, 0.2) is 0 Å². The number of primary amides is 1. The van der Waals surface area contributed by atoms with E-state index in [1.54, 1.807) is 19.2 Å². The Hall–Kier alpha value is -3.67. The molecule has 1 atom stereocenters. The lowest BCUT2D eigenvalue weighted by Crippen LogP contribution is -2.39. The van der Waals surface area contributed by atoms with Crippen molar-refractivity contribution in [3.63, 3.8) is 0 Å². The highest BCUT2D eigenvalue weighted by molar-refractivity contribution is 5.94. The number of aromatic nitrogens is 1. The fourth-order valence-electron chi connectivity index (χ4n) is 4.32. The first-order chi connectivity index (χ1) is 16.0. The Kier molecular flexibility index (Phi) is 7.03. The number of aryl methyl sites for hydroxylation is 1. The topological polar surface area (TPSA) is 85.5 Å². The standard InChI is InChI=1S/C27H29N3O3/c1-33-23-13-10-19(11-14-23)12-15-26(31)30-16-4-7-22(18-30)25-9-3-8-24(29-25)20-5-2-6-21(17-20)27(28)32/h2-3,5-6,8-11,13-14,17,22H,4,7,12,15-16,18H2,1H3,(H2,28,32). The largest absolute Gasteiger partial charge is 0.497 e. The van der Waals surface area contributed by atoms with Gasteiger partial charge in [0.1, 0.15) is 5.75 Å². The molecule has 3 aromatic rings. The van der Waals surface area contributed by atoms with Crippen LogP contribution in [0.5, 0.6) is 5.75 Å². The highest BCUT2D eigenvalue weighted by Gasteiger charge is 2.25. The molecule has 33 heavy (non-hydrogen) atoms. The van der Waals surface area contributed by atoms with Crippen LogP contribution in [0.15, 0.2) is 66.7 Å². The van der Waals surface area contributed by atoms with E-state index >= 15 is 0 Å². The van der Waals surface area contributed by atoms with Crippen LogP contribution in [0.3, 0.4) is 0 Å². The minimum absolute atomic E-state index is 0.181. The number of amides is 2. The Morgan fingerprint density at radius 1 is 1.09 bits per heavy atom. The molecule has 6 heteroatoms. The summed E-state index contributed by atoms with van der Waals surface area (Å²) in [5.41, 5.74) is 9.66. The van der Waals surface area contributed by atoms with E-state index in [0.29, 0.717) is 24.9 Å². The van der Waals surface area contributed by atoms with E-state index in [-0.39, 0.29) is 11.8 Å². The number of hydrogen-bond acceptors (Lipinski definition) is 4. The molecule has 0 bridgehead atoms. The quantitative estimate of drug-likeness (QED) is 0.593. The summed E-state index contributed by atoms with van der Waals surface area (Å²) in [7, 11) is 1.65. The van der Waals surface area contributed by atoms with Crippen molar-refractivity contribution in [1.82, 2.24) is 9.88 Å². The third kappa shape index (κ3) is 5.58. The zero-order chi connectivity index (χ0) is 23.2. The summed E-state index contributed by atoms with van der Waals surface area (Å²) < 4.78 is 5.19. The molecule has 2 amide bonds. The van der Waals surface area contributed by atoms with E-state index in [4.69, 9.17) is 15.5 Å². The Bertz CT molecular complexity index is 1130. The zero-order valence-electron chi connectivity index (χ0n) is 18.9. The average molecular weight is 444 g/mol. The number of likely N-dealkylation sites (tertiary alicyclic amines) is 1. The lowest BCUT2D eigenvalue weighted by molar-refractivity contribution is -0.132. The van der Waals surface area contributed by atoms with Gasteiger partial charge in [0.2, 0.25) is 11.8 Å². The van der Waals surface area contributed by atoms with Gasteiger partial charge < -0.3 is 15.4 Å². The number of methoxy groups -OCH3 is 1. The number of carbonyl (C=O) groups is 2. The van der Waals surface area contributed by atoms with Crippen LogP contribution in [0.4, 0.5) is 0 Å². The van der Waals surface area contributed by atoms with E-state index in [0.717, 1.165) is 47.7 Å². The molecule has 1 aromatic heterocycles. The number of ether oxygens (including phenoxy) is 1. The number of rotatable bonds is 7. The van der Waals surface area contributed by atoms with Gasteiger partial charge in [-0.1, -0.05) is 30.3 Å². The second-order valence-corrected chi connectivity index (χ2v) is 8.42. The molecule has 1 aliphatic heterocycles. The van der Waals surface area contributed by atoms with Gasteiger partial charge >= 0.3 is 0 Å². The SMILES string of the molecule is COc1ccc(CCC(=O)N2CCCC(c3cccc(-c4cccc(C(N)=O)c4)n3)C2)cc1. The minimum Gasteiger partial charge on any atom is -0.497 e. The van der Waals surface area contributed by atoms with Crippen LogP contribution in [0.25, 0.3) is 11.3 Å². The molecule has 1 aliphatic rings. The van der Waals surface area contributed by atoms with Crippen molar-refractivity contribution < 1.29 is 14.3 Å². The second-order valence-electron chi connectivity index (χ2n) is 8.42. The first-order valence-electron chi connectivity index (χ1n) is 11.3. The Morgan fingerprint density at radius 2 is 1.88 bits per heavy atom. The smallest absolute Gasteiger partial charge is 0.248 e. The molecule has 0 radical (unpaired) electrons. The maximum Gasteiger partial charge on any atom is 0.248 e. The van der Waals surface area contributed by atoms with E-state index < -0.39 is 5.91 Å². The van der Waals surface area contributed by atoms with Crippen molar-refractivity contribution in [3.8, 4) is 17.0 Å². The number of piperidine rings is 1. The molecule has 1 fully saturated rings. The molecule has 2 aromatic carbocycles. The van der Waals surface area contributed by atoms with Crippen molar-refractivity contribution in [2.75, 3.05) is 20.2 Å². The molecule has 6 nitrogen and oxygen atoms in total. The van der Waals surface area contributed by atoms with E-state index in [2.05, 4.69) is 0 Å². The average Bonchev–Trinajstić information content (AvgIpc) is 2.87. The van der Waals surface area contributed by atoms with Crippen LogP contribution >= 0.6 is 0 Å². The molecule has 0 saturated carbocycles. The molecule has 4 rings (SSSR count). The van der Waals surface area contributed by atoms with Crippen LogP contribution in [-0.2, 0) is 11.2 Å². The van der Waals surface area contributed by atoms with Gasteiger partial charge in [0, 0.05) is 42.2 Å². The zero-order valence-corrected chi connectivity index (χ0v) is 18.9. The number of benzene rings is 2. The maximum atomic E-state index is 12.9.